The van der Waals surface area contributed by atoms with Crippen LogP contribution >= 0.6 is 0 Å². The standard InChI is InChI=1S/C24H30N8/c1-3-15-11-17(28-21-7-6-16(13-26-21)19-5-4-10-31(19)2)12-18(15)24-30-29-22-14-27-23-20(32(22)24)8-9-25-23/h6-9,13-15,17-19,25H,3-5,10-12H2,1-2H3,(H,26,28)/t15-,17+,18-,19-/m0/s1. The summed E-state index contributed by atoms with van der Waals surface area (Å²) in [6.07, 6.45) is 11.5. The number of nitrogens with one attached hydrogen (secondary N) is 2. The summed E-state index contributed by atoms with van der Waals surface area (Å²) >= 11 is 0. The lowest BCUT2D eigenvalue weighted by Gasteiger charge is -2.20. The maximum atomic E-state index is 4.76. The second-order valence-corrected chi connectivity index (χ2v) is 9.42. The Labute approximate surface area is 187 Å². The van der Waals surface area contributed by atoms with Crippen molar-refractivity contribution in [3.63, 3.8) is 0 Å². The molecule has 4 atom stereocenters. The van der Waals surface area contributed by atoms with E-state index in [2.05, 4.69) is 73.2 Å². The third kappa shape index (κ3) is 3.24. The summed E-state index contributed by atoms with van der Waals surface area (Å²) in [4.78, 5) is 14.8. The minimum Gasteiger partial charge on any atom is -0.367 e. The average molecular weight is 431 g/mol. The molecule has 1 aliphatic carbocycles. The van der Waals surface area contributed by atoms with Crippen LogP contribution in [0, 0.1) is 5.92 Å². The Morgan fingerprint density at radius 1 is 1.12 bits per heavy atom. The number of pyridine rings is 1. The van der Waals surface area contributed by atoms with Crippen molar-refractivity contribution in [2.75, 3.05) is 18.9 Å². The lowest BCUT2D eigenvalue weighted by Crippen LogP contribution is -2.19. The number of nitrogens with zero attached hydrogens (tertiary/aromatic N) is 6. The number of H-pyrrole nitrogens is 1. The quantitative estimate of drug-likeness (QED) is 0.495. The first-order valence-electron chi connectivity index (χ1n) is 11.8. The third-order valence-electron chi connectivity index (χ3n) is 7.56. The van der Waals surface area contributed by atoms with E-state index in [0.29, 0.717) is 23.9 Å². The van der Waals surface area contributed by atoms with Gasteiger partial charge < -0.3 is 10.3 Å². The molecule has 0 amide bonds. The molecule has 1 saturated carbocycles. The molecule has 6 rings (SSSR count). The number of hydrogen-bond donors (Lipinski definition) is 2. The topological polar surface area (TPSA) is 87.0 Å². The number of fused-ring (bicyclic) bond motifs is 3. The lowest BCUT2D eigenvalue weighted by molar-refractivity contribution is 0.317. The molecule has 4 aromatic heterocycles. The molecule has 4 aromatic rings. The smallest absolute Gasteiger partial charge is 0.179 e. The SMILES string of the molecule is CC[C@H]1C[C@@H](Nc2ccc([C@@H]3CCCN3C)cn2)C[C@@H]1c1nnc2cnc3[nH]ccc3n12. The zero-order valence-corrected chi connectivity index (χ0v) is 18.7. The van der Waals surface area contributed by atoms with E-state index in [9.17, 15) is 0 Å². The number of anilines is 1. The van der Waals surface area contributed by atoms with Gasteiger partial charge in [-0.15, -0.1) is 10.2 Å². The van der Waals surface area contributed by atoms with Gasteiger partial charge in [0.1, 0.15) is 11.6 Å². The summed E-state index contributed by atoms with van der Waals surface area (Å²) in [5.74, 6) is 2.95. The largest absolute Gasteiger partial charge is 0.367 e. The molecule has 5 heterocycles. The monoisotopic (exact) mass is 430 g/mol. The zero-order valence-electron chi connectivity index (χ0n) is 18.7. The molecule has 0 aromatic carbocycles. The van der Waals surface area contributed by atoms with E-state index in [1.165, 1.54) is 24.9 Å². The van der Waals surface area contributed by atoms with Crippen molar-refractivity contribution in [1.82, 2.24) is 34.4 Å². The van der Waals surface area contributed by atoms with Crippen molar-refractivity contribution in [3.05, 3.63) is 48.2 Å². The van der Waals surface area contributed by atoms with Gasteiger partial charge in [-0.3, -0.25) is 9.30 Å². The van der Waals surface area contributed by atoms with Gasteiger partial charge in [0, 0.05) is 30.4 Å². The van der Waals surface area contributed by atoms with Gasteiger partial charge >= 0.3 is 0 Å². The predicted molar refractivity (Wildman–Crippen MR) is 125 cm³/mol. The normalized spacial score (nSPS) is 26.4. The van der Waals surface area contributed by atoms with E-state index in [-0.39, 0.29) is 0 Å². The zero-order chi connectivity index (χ0) is 21.7. The van der Waals surface area contributed by atoms with Gasteiger partial charge in [0.2, 0.25) is 0 Å². The van der Waals surface area contributed by atoms with Crippen molar-refractivity contribution < 1.29 is 0 Å². The second kappa shape index (κ2) is 7.85. The fourth-order valence-electron chi connectivity index (χ4n) is 5.88. The van der Waals surface area contributed by atoms with E-state index in [4.69, 9.17) is 4.98 Å². The molecule has 0 spiro atoms. The van der Waals surface area contributed by atoms with Crippen molar-refractivity contribution in [1.29, 1.82) is 0 Å². The van der Waals surface area contributed by atoms with E-state index in [1.54, 1.807) is 6.20 Å². The summed E-state index contributed by atoms with van der Waals surface area (Å²) in [6.45, 7) is 3.46. The second-order valence-electron chi connectivity index (χ2n) is 9.42. The molecule has 2 aliphatic rings. The molecule has 166 valence electrons. The third-order valence-corrected chi connectivity index (χ3v) is 7.56. The summed E-state index contributed by atoms with van der Waals surface area (Å²) in [6, 6.07) is 7.34. The van der Waals surface area contributed by atoms with Crippen molar-refractivity contribution in [2.24, 2.45) is 5.92 Å². The Kier molecular flexibility index (Phi) is 4.82. The molecule has 0 bridgehead atoms. The Morgan fingerprint density at radius 3 is 2.84 bits per heavy atom. The maximum absolute atomic E-state index is 4.76. The van der Waals surface area contributed by atoms with Crippen LogP contribution in [0.15, 0.2) is 36.8 Å². The van der Waals surface area contributed by atoms with Crippen LogP contribution in [0.5, 0.6) is 0 Å². The Balaban J connectivity index is 1.23. The van der Waals surface area contributed by atoms with Crippen LogP contribution in [0.25, 0.3) is 16.8 Å². The van der Waals surface area contributed by atoms with Crippen LogP contribution in [-0.2, 0) is 0 Å². The highest BCUT2D eigenvalue weighted by Gasteiger charge is 2.37. The molecular formula is C24H30N8. The summed E-state index contributed by atoms with van der Waals surface area (Å²) in [5.41, 5.74) is 4.05. The van der Waals surface area contributed by atoms with Crippen LogP contribution in [0.4, 0.5) is 5.82 Å². The van der Waals surface area contributed by atoms with E-state index in [1.807, 2.05) is 6.20 Å². The van der Waals surface area contributed by atoms with Crippen LogP contribution in [0.3, 0.4) is 0 Å². The number of rotatable bonds is 5. The van der Waals surface area contributed by atoms with Gasteiger partial charge in [0.15, 0.2) is 11.3 Å². The lowest BCUT2D eigenvalue weighted by atomic mass is 9.93. The number of likely N-dealkylation sites (tertiary alicyclic amines) is 1. The number of hydrogen-bond acceptors (Lipinski definition) is 6. The van der Waals surface area contributed by atoms with Gasteiger partial charge in [0.05, 0.1) is 11.7 Å². The Hall–Kier alpha value is -3.00. The molecule has 32 heavy (non-hydrogen) atoms. The first kappa shape index (κ1) is 19.7. The van der Waals surface area contributed by atoms with Crippen LogP contribution in [0.2, 0.25) is 0 Å². The van der Waals surface area contributed by atoms with Gasteiger partial charge in [-0.05, 0) is 62.9 Å². The van der Waals surface area contributed by atoms with Crippen LogP contribution in [-0.4, -0.2) is 54.1 Å². The molecule has 0 unspecified atom stereocenters. The van der Waals surface area contributed by atoms with Gasteiger partial charge in [-0.25, -0.2) is 9.97 Å². The molecule has 2 N–H and O–H groups in total. The summed E-state index contributed by atoms with van der Waals surface area (Å²) in [5, 5.41) is 12.8. The van der Waals surface area contributed by atoms with Crippen LogP contribution in [0.1, 0.15) is 62.4 Å². The Bertz CT molecular complexity index is 1230. The van der Waals surface area contributed by atoms with Crippen molar-refractivity contribution in [2.45, 2.75) is 57.0 Å². The average Bonchev–Trinajstić information content (AvgIpc) is 3.59. The van der Waals surface area contributed by atoms with Crippen LogP contribution < -0.4 is 5.32 Å². The fraction of sp³-hybridized carbons (Fsp3) is 0.500. The first-order valence-corrected chi connectivity index (χ1v) is 11.8. The predicted octanol–water partition coefficient (Wildman–Crippen LogP) is 4.15. The van der Waals surface area contributed by atoms with E-state index in [0.717, 1.165) is 47.7 Å². The molecule has 0 radical (unpaired) electrons. The van der Waals surface area contributed by atoms with Crippen molar-refractivity contribution in [3.8, 4) is 0 Å². The van der Waals surface area contributed by atoms with E-state index >= 15 is 0 Å². The molecular weight excluding hydrogens is 400 g/mol. The highest BCUT2D eigenvalue weighted by molar-refractivity contribution is 5.74. The van der Waals surface area contributed by atoms with E-state index < -0.39 is 0 Å². The molecule has 1 aliphatic heterocycles. The summed E-state index contributed by atoms with van der Waals surface area (Å²) < 4.78 is 2.18. The summed E-state index contributed by atoms with van der Waals surface area (Å²) in [7, 11) is 2.21. The fourth-order valence-corrected chi connectivity index (χ4v) is 5.88. The molecule has 8 heteroatoms. The number of aromatic nitrogens is 6. The molecule has 1 saturated heterocycles. The minimum atomic E-state index is 0.361. The Morgan fingerprint density at radius 2 is 2.06 bits per heavy atom. The van der Waals surface area contributed by atoms with Gasteiger partial charge in [-0.1, -0.05) is 19.4 Å². The van der Waals surface area contributed by atoms with Crippen molar-refractivity contribution >= 4 is 22.6 Å². The first-order chi connectivity index (χ1) is 15.7. The minimum absolute atomic E-state index is 0.361. The molecule has 8 nitrogen and oxygen atoms in total. The van der Waals surface area contributed by atoms with Gasteiger partial charge in [0.25, 0.3) is 0 Å². The highest BCUT2D eigenvalue weighted by Crippen LogP contribution is 2.42. The number of aromatic amines is 1. The molecule has 2 fully saturated rings. The maximum Gasteiger partial charge on any atom is 0.179 e. The van der Waals surface area contributed by atoms with Gasteiger partial charge in [-0.2, -0.15) is 0 Å². The highest BCUT2D eigenvalue weighted by atomic mass is 15.3.